The van der Waals surface area contributed by atoms with Gasteiger partial charge in [-0.1, -0.05) is 71.2 Å². The Hall–Kier alpha value is -2.27. The van der Waals surface area contributed by atoms with Crippen LogP contribution in [-0.2, 0) is 3.79 Å². The number of hydrogen-bond donors (Lipinski definition) is 0. The van der Waals surface area contributed by atoms with Gasteiger partial charge in [-0.25, -0.2) is 0 Å². The molecule has 0 aliphatic rings. The second-order valence-electron chi connectivity index (χ2n) is 5.54. The first-order valence-electron chi connectivity index (χ1n) is 7.67. The van der Waals surface area contributed by atoms with Gasteiger partial charge in [-0.05, 0) is 35.4 Å². The third kappa shape index (κ3) is 3.63. The van der Waals surface area contributed by atoms with Gasteiger partial charge in [0.15, 0.2) is 0 Å². The van der Waals surface area contributed by atoms with Crippen LogP contribution >= 0.6 is 34.8 Å². The van der Waals surface area contributed by atoms with Crippen LogP contribution in [-0.4, -0.2) is 10.2 Å². The van der Waals surface area contributed by atoms with Crippen molar-refractivity contribution in [2.45, 2.75) is 3.79 Å². The van der Waals surface area contributed by atoms with Crippen molar-refractivity contribution in [3.63, 3.8) is 0 Å². The number of benzene rings is 2. The van der Waals surface area contributed by atoms with Crippen molar-refractivity contribution in [1.29, 1.82) is 0 Å². The van der Waals surface area contributed by atoms with Crippen LogP contribution in [0.2, 0.25) is 0 Å². The largest absolute Gasteiger partial charge is 0.457 e. The minimum atomic E-state index is -1.74. The molecule has 0 N–H and O–H groups in total. The van der Waals surface area contributed by atoms with Crippen molar-refractivity contribution in [2.24, 2.45) is 0 Å². The molecule has 0 aliphatic heterocycles. The Morgan fingerprint density at radius 1 is 0.808 bits per heavy atom. The molecule has 4 rings (SSSR count). The van der Waals surface area contributed by atoms with Gasteiger partial charge in [0, 0.05) is 11.5 Å². The zero-order valence-electron chi connectivity index (χ0n) is 13.2. The summed E-state index contributed by atoms with van der Waals surface area (Å²) in [6.45, 7) is 0. The van der Waals surface area contributed by atoms with Gasteiger partial charge < -0.3 is 8.83 Å². The fourth-order valence-electron chi connectivity index (χ4n) is 2.53. The van der Waals surface area contributed by atoms with E-state index in [1.165, 1.54) is 0 Å². The topological polar surface area (TPSA) is 52.1 Å². The number of hydrogen-bond acceptors (Lipinski definition) is 4. The van der Waals surface area contributed by atoms with Gasteiger partial charge in [0.2, 0.25) is 5.89 Å². The van der Waals surface area contributed by atoms with Crippen molar-refractivity contribution in [3.8, 4) is 11.1 Å². The maximum atomic E-state index is 5.80. The summed E-state index contributed by atoms with van der Waals surface area (Å²) in [6, 6.07) is 18.2. The first-order chi connectivity index (χ1) is 12.5. The average molecular weight is 406 g/mol. The molecule has 0 amide bonds. The van der Waals surface area contributed by atoms with Crippen LogP contribution in [0.1, 0.15) is 17.5 Å². The van der Waals surface area contributed by atoms with Gasteiger partial charge in [0.05, 0.1) is 0 Å². The summed E-state index contributed by atoms with van der Waals surface area (Å²) < 4.78 is 9.33. The lowest BCUT2D eigenvalue weighted by Crippen LogP contribution is -1.99. The van der Waals surface area contributed by atoms with Crippen LogP contribution in [0.25, 0.3) is 34.2 Å². The molecular formula is C19H11Cl3N2O2. The highest BCUT2D eigenvalue weighted by atomic mass is 35.6. The summed E-state index contributed by atoms with van der Waals surface area (Å²) in [5, 5.41) is 8.50. The predicted molar refractivity (Wildman–Crippen MR) is 104 cm³/mol. The SMILES string of the molecule is ClC(Cl)(Cl)c1nnc(C=Cc2cc3cc(-c4ccccc4)ccc3o2)o1. The molecule has 0 atom stereocenters. The second-order valence-corrected chi connectivity index (χ2v) is 7.83. The molecule has 0 saturated carbocycles. The molecule has 7 heteroatoms. The molecule has 0 aliphatic carbocycles. The third-order valence-corrected chi connectivity index (χ3v) is 4.20. The van der Waals surface area contributed by atoms with Gasteiger partial charge in [-0.15, -0.1) is 10.2 Å². The predicted octanol–water partition coefficient (Wildman–Crippen LogP) is 6.48. The number of halogens is 3. The average Bonchev–Trinajstić information content (AvgIpc) is 3.26. The highest BCUT2D eigenvalue weighted by Gasteiger charge is 2.29. The van der Waals surface area contributed by atoms with E-state index in [-0.39, 0.29) is 11.8 Å². The normalized spacial score (nSPS) is 12.3. The van der Waals surface area contributed by atoms with Crippen LogP contribution in [0.5, 0.6) is 0 Å². The first-order valence-corrected chi connectivity index (χ1v) is 8.80. The van der Waals surface area contributed by atoms with Gasteiger partial charge in [-0.2, -0.15) is 0 Å². The molecule has 4 nitrogen and oxygen atoms in total. The van der Waals surface area contributed by atoms with Crippen molar-refractivity contribution in [3.05, 3.63) is 72.1 Å². The molecular weight excluding hydrogens is 395 g/mol. The van der Waals surface area contributed by atoms with Gasteiger partial charge >= 0.3 is 0 Å². The van der Waals surface area contributed by atoms with Gasteiger partial charge in [0.1, 0.15) is 11.3 Å². The summed E-state index contributed by atoms with van der Waals surface area (Å²) in [4.78, 5) is 0. The van der Waals surface area contributed by atoms with E-state index in [9.17, 15) is 0 Å². The molecule has 0 saturated heterocycles. The molecule has 2 aromatic heterocycles. The number of furan rings is 1. The zero-order valence-corrected chi connectivity index (χ0v) is 15.5. The summed E-state index contributed by atoms with van der Waals surface area (Å²) in [5.41, 5.74) is 3.06. The van der Waals surface area contributed by atoms with Crippen LogP contribution < -0.4 is 0 Å². The van der Waals surface area contributed by atoms with Crippen molar-refractivity contribution >= 4 is 57.9 Å². The Labute approximate surface area is 164 Å². The second kappa shape index (κ2) is 6.80. The smallest absolute Gasteiger partial charge is 0.268 e. The van der Waals surface area contributed by atoms with E-state index in [2.05, 4.69) is 28.4 Å². The van der Waals surface area contributed by atoms with Crippen LogP contribution in [0, 0.1) is 0 Å². The standard InChI is InChI=1S/C19H11Cl3N2O2/c20-19(21,22)18-24-23-17(26-18)9-7-15-11-14-10-13(6-8-16(14)25-15)12-4-2-1-3-5-12/h1-11H. The Morgan fingerprint density at radius 2 is 1.62 bits per heavy atom. The summed E-state index contributed by atoms with van der Waals surface area (Å²) in [5.74, 6) is 0.787. The zero-order chi connectivity index (χ0) is 18.1. The number of aromatic nitrogens is 2. The maximum absolute atomic E-state index is 5.80. The fraction of sp³-hybridized carbons (Fsp3) is 0.0526. The fourth-order valence-corrected chi connectivity index (χ4v) is 2.76. The molecule has 0 radical (unpaired) electrons. The van der Waals surface area contributed by atoms with Crippen LogP contribution in [0.15, 0.2) is 63.4 Å². The number of fused-ring (bicyclic) bond motifs is 1. The molecule has 4 aromatic rings. The molecule has 0 bridgehead atoms. The van der Waals surface area contributed by atoms with Gasteiger partial charge in [0.25, 0.3) is 9.68 Å². The van der Waals surface area contributed by atoms with E-state index in [1.807, 2.05) is 36.4 Å². The highest BCUT2D eigenvalue weighted by molar-refractivity contribution is 6.66. The van der Waals surface area contributed by atoms with Crippen LogP contribution in [0.3, 0.4) is 0 Å². The molecule has 0 fully saturated rings. The summed E-state index contributed by atoms with van der Waals surface area (Å²) in [7, 11) is 0. The Bertz CT molecular complexity index is 1080. The highest BCUT2D eigenvalue weighted by Crippen LogP contribution is 2.37. The Kier molecular flexibility index (Phi) is 4.49. The van der Waals surface area contributed by atoms with Gasteiger partial charge in [-0.3, -0.25) is 0 Å². The molecule has 0 unspecified atom stereocenters. The minimum Gasteiger partial charge on any atom is -0.457 e. The summed E-state index contributed by atoms with van der Waals surface area (Å²) >= 11 is 17.1. The lowest BCUT2D eigenvalue weighted by molar-refractivity contribution is 0.493. The Balaban J connectivity index is 1.60. The van der Waals surface area contributed by atoms with Crippen LogP contribution in [0.4, 0.5) is 0 Å². The van der Waals surface area contributed by atoms with Crippen molar-refractivity contribution < 1.29 is 8.83 Å². The number of rotatable bonds is 3. The monoisotopic (exact) mass is 404 g/mol. The first kappa shape index (κ1) is 17.2. The minimum absolute atomic E-state index is 0.0840. The Morgan fingerprint density at radius 3 is 2.35 bits per heavy atom. The van der Waals surface area contributed by atoms with E-state index < -0.39 is 3.79 Å². The van der Waals surface area contributed by atoms with Crippen molar-refractivity contribution in [1.82, 2.24) is 10.2 Å². The lowest BCUT2D eigenvalue weighted by atomic mass is 10.0. The summed E-state index contributed by atoms with van der Waals surface area (Å²) in [6.07, 6.45) is 3.32. The van der Waals surface area contributed by atoms with Crippen molar-refractivity contribution in [2.75, 3.05) is 0 Å². The quantitative estimate of drug-likeness (QED) is 0.366. The molecule has 2 heterocycles. The van der Waals surface area contributed by atoms with E-state index in [0.717, 1.165) is 22.1 Å². The maximum Gasteiger partial charge on any atom is 0.268 e. The third-order valence-electron chi connectivity index (χ3n) is 3.72. The van der Waals surface area contributed by atoms with E-state index in [0.29, 0.717) is 5.76 Å². The molecule has 26 heavy (non-hydrogen) atoms. The van der Waals surface area contributed by atoms with E-state index in [1.54, 1.807) is 12.2 Å². The molecule has 130 valence electrons. The van der Waals surface area contributed by atoms with E-state index >= 15 is 0 Å². The molecule has 2 aromatic carbocycles. The van der Waals surface area contributed by atoms with E-state index in [4.69, 9.17) is 43.6 Å². The lowest BCUT2D eigenvalue weighted by Gasteiger charge is -2.01. The molecule has 0 spiro atoms. The number of nitrogens with zero attached hydrogens (tertiary/aromatic N) is 2. The number of alkyl halides is 3.